The van der Waals surface area contributed by atoms with E-state index < -0.39 is 32.5 Å². The highest BCUT2D eigenvalue weighted by Crippen LogP contribution is 2.26. The van der Waals surface area contributed by atoms with Crippen molar-refractivity contribution in [2.45, 2.75) is 5.16 Å². The first-order chi connectivity index (χ1) is 13.8. The molecule has 0 saturated carbocycles. The second kappa shape index (κ2) is 7.79. The average Bonchev–Trinajstić information content (AvgIpc) is 3.14. The second-order valence-corrected chi connectivity index (χ2v) is 6.98. The Labute approximate surface area is 163 Å². The van der Waals surface area contributed by atoms with Gasteiger partial charge in [0.25, 0.3) is 15.2 Å². The normalized spacial score (nSPS) is 11.2. The second-order valence-electron chi connectivity index (χ2n) is 5.40. The number of sulfonamides is 1. The maximum Gasteiger partial charge on any atom is 0.298 e. The smallest absolute Gasteiger partial charge is 0.298 e. The monoisotopic (exact) mass is 425 g/mol. The number of carbonyl (C=O) groups is 1. The molecular weight excluding hydrogens is 412 g/mol. The summed E-state index contributed by atoms with van der Waals surface area (Å²) >= 11 is 0. The number of benzene rings is 1. The zero-order valence-electron chi connectivity index (χ0n) is 15.0. The molecule has 29 heavy (non-hydrogen) atoms. The van der Waals surface area contributed by atoms with Gasteiger partial charge in [-0.3, -0.25) is 14.1 Å². The van der Waals surface area contributed by atoms with Crippen LogP contribution in [0.2, 0.25) is 0 Å². The Bertz CT molecular complexity index is 1160. The molecule has 0 aliphatic heterocycles. The van der Waals surface area contributed by atoms with Crippen molar-refractivity contribution >= 4 is 22.1 Å². The molecule has 0 fully saturated rings. The zero-order chi connectivity index (χ0) is 21.2. The zero-order valence-corrected chi connectivity index (χ0v) is 15.8. The van der Waals surface area contributed by atoms with Crippen LogP contribution >= 0.6 is 0 Å². The van der Waals surface area contributed by atoms with Crippen molar-refractivity contribution in [2.24, 2.45) is 0 Å². The first-order valence-corrected chi connectivity index (χ1v) is 9.25. The van der Waals surface area contributed by atoms with E-state index in [1.165, 1.54) is 26.5 Å². The highest BCUT2D eigenvalue weighted by atomic mass is 32.2. The van der Waals surface area contributed by atoms with E-state index in [0.717, 1.165) is 22.8 Å². The molecule has 1 aromatic carbocycles. The van der Waals surface area contributed by atoms with Crippen molar-refractivity contribution in [2.75, 3.05) is 18.9 Å². The lowest BCUT2D eigenvalue weighted by atomic mass is 10.3. The number of anilines is 1. The van der Waals surface area contributed by atoms with Crippen LogP contribution in [0.25, 0.3) is 11.5 Å². The molecule has 1 N–H and O–H groups in total. The summed E-state index contributed by atoms with van der Waals surface area (Å²) in [5.74, 6) is -2.44. The molecule has 152 valence electrons. The van der Waals surface area contributed by atoms with Gasteiger partial charge in [0.1, 0.15) is 23.0 Å². The van der Waals surface area contributed by atoms with Gasteiger partial charge in [0.2, 0.25) is 18.2 Å². The van der Waals surface area contributed by atoms with Crippen molar-refractivity contribution in [3.05, 3.63) is 42.1 Å². The molecule has 2 heterocycles. The molecule has 0 spiro atoms. The van der Waals surface area contributed by atoms with Crippen LogP contribution in [0.5, 0.6) is 11.8 Å². The van der Waals surface area contributed by atoms with E-state index in [-0.39, 0.29) is 23.3 Å². The van der Waals surface area contributed by atoms with E-state index >= 15 is 0 Å². The summed E-state index contributed by atoms with van der Waals surface area (Å²) in [5.41, 5.74) is -1.00. The Morgan fingerprint density at radius 3 is 2.31 bits per heavy atom. The Morgan fingerprint density at radius 1 is 1.07 bits per heavy atom. The minimum atomic E-state index is -4.63. The molecule has 0 amide bonds. The van der Waals surface area contributed by atoms with Crippen LogP contribution in [0.3, 0.4) is 0 Å². The first-order valence-electron chi connectivity index (χ1n) is 7.77. The number of ether oxygens (including phenoxy) is 2. The van der Waals surface area contributed by atoms with Crippen molar-refractivity contribution < 1.29 is 31.5 Å². The Hall–Kier alpha value is -3.61. The summed E-state index contributed by atoms with van der Waals surface area (Å²) in [5, 5.41) is -0.853. The van der Waals surface area contributed by atoms with Crippen LogP contribution in [0.1, 0.15) is 0 Å². The highest BCUT2D eigenvalue weighted by Gasteiger charge is 2.25. The molecule has 10 nitrogen and oxygen atoms in total. The predicted molar refractivity (Wildman–Crippen MR) is 95.7 cm³/mol. The molecule has 0 aliphatic rings. The van der Waals surface area contributed by atoms with Crippen LogP contribution in [0.15, 0.2) is 35.6 Å². The lowest BCUT2D eigenvalue weighted by Crippen LogP contribution is -2.19. The van der Waals surface area contributed by atoms with Gasteiger partial charge in [-0.2, -0.15) is 18.4 Å². The number of hydrogen-bond acceptors (Lipinski definition) is 8. The summed E-state index contributed by atoms with van der Waals surface area (Å²) in [6, 6.07) is 4.07. The fourth-order valence-electron chi connectivity index (χ4n) is 2.26. The molecule has 0 radical (unpaired) electrons. The quantitative estimate of drug-likeness (QED) is 0.446. The molecule has 0 unspecified atom stereocenters. The number of carbonyl (C=O) groups excluding carboxylic acids is 1. The molecule has 2 aromatic heterocycles. The third-order valence-corrected chi connectivity index (χ3v) is 4.73. The van der Waals surface area contributed by atoms with Crippen LogP contribution in [0, 0.1) is 11.6 Å². The summed E-state index contributed by atoms with van der Waals surface area (Å²) in [6.45, 7) is 0. The molecule has 0 aliphatic carbocycles. The minimum absolute atomic E-state index is 0.0638. The van der Waals surface area contributed by atoms with E-state index in [9.17, 15) is 22.0 Å². The molecular formula is C16H13F2N5O5S. The number of para-hydroxylation sites is 1. The van der Waals surface area contributed by atoms with Crippen molar-refractivity contribution in [1.82, 2.24) is 19.5 Å². The molecule has 3 aromatic rings. The Kier molecular flexibility index (Phi) is 5.41. The number of aromatic nitrogens is 4. The van der Waals surface area contributed by atoms with Crippen LogP contribution in [-0.2, 0) is 14.8 Å². The van der Waals surface area contributed by atoms with Gasteiger partial charge in [0, 0.05) is 6.07 Å². The van der Waals surface area contributed by atoms with Crippen molar-refractivity contribution in [3.63, 3.8) is 0 Å². The first kappa shape index (κ1) is 20.1. The summed E-state index contributed by atoms with van der Waals surface area (Å²) < 4.78 is 65.6. The maximum absolute atomic E-state index is 13.8. The fraction of sp³-hybridized carbons (Fsp3) is 0.125. The third-order valence-electron chi connectivity index (χ3n) is 3.59. The predicted octanol–water partition coefficient (Wildman–Crippen LogP) is 1.47. The van der Waals surface area contributed by atoms with Gasteiger partial charge < -0.3 is 9.47 Å². The molecule has 0 atom stereocenters. The Morgan fingerprint density at radius 2 is 1.72 bits per heavy atom. The average molecular weight is 425 g/mol. The van der Waals surface area contributed by atoms with Gasteiger partial charge >= 0.3 is 0 Å². The van der Waals surface area contributed by atoms with E-state index in [4.69, 9.17) is 9.47 Å². The van der Waals surface area contributed by atoms with Crippen molar-refractivity contribution in [1.29, 1.82) is 0 Å². The number of rotatable bonds is 7. The molecule has 13 heteroatoms. The molecule has 3 rings (SSSR count). The largest absolute Gasteiger partial charge is 0.481 e. The standard InChI is InChI=1S/C16H13F2N5O5S/c1-27-12-6-11(15-20-13(28-2)7-23(15)8-24)19-16(21-12)29(25,26)22-14-9(17)4-3-5-10(14)18/h3-8,22H,1-2H3. The molecule has 0 bridgehead atoms. The maximum atomic E-state index is 13.8. The highest BCUT2D eigenvalue weighted by molar-refractivity contribution is 7.92. The number of methoxy groups -OCH3 is 2. The van der Waals surface area contributed by atoms with E-state index in [0.29, 0.717) is 6.41 Å². The number of nitrogens with zero attached hydrogens (tertiary/aromatic N) is 4. The van der Waals surface area contributed by atoms with Crippen LogP contribution in [-0.4, -0.2) is 48.6 Å². The van der Waals surface area contributed by atoms with Crippen molar-refractivity contribution in [3.8, 4) is 23.3 Å². The topological polar surface area (TPSA) is 125 Å². The van der Waals surface area contributed by atoms with Gasteiger partial charge in [-0.25, -0.2) is 13.8 Å². The lowest BCUT2D eigenvalue weighted by molar-refractivity contribution is 0.391. The third kappa shape index (κ3) is 3.99. The fourth-order valence-corrected chi connectivity index (χ4v) is 3.24. The number of nitrogens with one attached hydrogen (secondary N) is 1. The number of hydrogen-bond donors (Lipinski definition) is 1. The number of halogens is 2. The summed E-state index contributed by atoms with van der Waals surface area (Å²) in [7, 11) is -2.08. The van der Waals surface area contributed by atoms with E-state index in [2.05, 4.69) is 15.0 Å². The van der Waals surface area contributed by atoms with Gasteiger partial charge in [-0.05, 0) is 12.1 Å². The van der Waals surface area contributed by atoms with Gasteiger partial charge in [0.15, 0.2) is 5.82 Å². The van der Waals surface area contributed by atoms with Crippen LogP contribution in [0.4, 0.5) is 14.5 Å². The van der Waals surface area contributed by atoms with Gasteiger partial charge in [0.05, 0.1) is 20.4 Å². The van der Waals surface area contributed by atoms with E-state index in [1.54, 1.807) is 4.72 Å². The Balaban J connectivity index is 2.12. The van der Waals surface area contributed by atoms with E-state index in [1.807, 2.05) is 0 Å². The summed E-state index contributed by atoms with van der Waals surface area (Å²) in [4.78, 5) is 22.8. The van der Waals surface area contributed by atoms with Gasteiger partial charge in [-0.15, -0.1) is 0 Å². The lowest BCUT2D eigenvalue weighted by Gasteiger charge is -2.10. The number of imidazole rings is 1. The van der Waals surface area contributed by atoms with Crippen LogP contribution < -0.4 is 14.2 Å². The summed E-state index contributed by atoms with van der Waals surface area (Å²) in [6.07, 6.45) is 1.65. The molecule has 0 saturated heterocycles. The van der Waals surface area contributed by atoms with Gasteiger partial charge in [-0.1, -0.05) is 6.07 Å². The SMILES string of the molecule is COc1cc(-c2nc(OC)cn2C=O)nc(S(=O)(=O)Nc2c(F)cccc2F)n1. The minimum Gasteiger partial charge on any atom is -0.481 e.